The minimum Gasteiger partial charge on any atom is -0.379 e. The van der Waals surface area contributed by atoms with E-state index in [-0.39, 0.29) is 36.3 Å². The summed E-state index contributed by atoms with van der Waals surface area (Å²) in [5.41, 5.74) is 5.04. The molecule has 20 heteroatoms. The molecule has 20 nitrogen and oxygen atoms in total. The number of nitrogens with zero attached hydrogens (tertiary/aromatic N) is 12. The van der Waals surface area contributed by atoms with E-state index >= 15 is 0 Å². The second-order valence-corrected chi connectivity index (χ2v) is 38.1. The summed E-state index contributed by atoms with van der Waals surface area (Å²) < 4.78 is 16.7. The standard InChI is InChI=1S/C21H30N2O.C19H25N2O2.C19H25N2O.C19H24N2O.C18H22N2O2.C18H22N2O/c1-18(23(3)16-8-5-9-17-23)21(24,19-10-6-4-7-11-19)20-12-14-22(2)15-13-20;1-16(21-12-14-23-15-13-21)19(22,17-6-4-3-5-7-17)18-8-10-20(2)11-9-18;1-16(21(2)14-6-7-15-21)19(22,17-8-4-3-5-9-17)18-10-12-20-13-11-18;1-16(21-14-6-3-7-15-21)19(22,17-8-4-2-5-9-17)18-10-12-20-13-11-18;1-15(20-11-13-22-14-12-20)18(21,16-5-3-2-4-6-16)17-7-9-19-10-8-17;1-15(20-13-5-6-14-20)18(21,16-7-3-2-4-8-16)17-9-11-19-12-10-17/h4,6-7,10-15,18,24H,5,8-9,16-17H2,1-3H3;3-11,16,22H,12-15H2,1-2H3;3-5,8-13,16,22H,6-7,14-15H2,1-2H3;2,4-5,8-13,16,22H,3,6-7,14-15H2,1H3;2-10,15,21H,11-14H2,1H3;2-4,7-12,15,21H,5-6,13-14H2,1H3/q+2;2*+1;;;. The van der Waals surface area contributed by atoms with Crippen molar-refractivity contribution < 1.29 is 58.2 Å². The molecule has 12 heterocycles. The first-order valence-electron chi connectivity index (χ1n) is 48.9. The van der Waals surface area contributed by atoms with Gasteiger partial charge in [0.15, 0.2) is 36.0 Å². The van der Waals surface area contributed by atoms with E-state index in [2.05, 4.69) is 119 Å². The fourth-order valence-electron chi connectivity index (χ4n) is 21.4. The highest BCUT2D eigenvalue weighted by Crippen LogP contribution is 2.45. The molecule has 0 radical (unpaired) electrons. The molecule has 6 fully saturated rings. The Bertz CT molecular complexity index is 5090. The number of aliphatic hydroxyl groups is 6. The summed E-state index contributed by atoms with van der Waals surface area (Å²) in [5, 5.41) is 70.6. The SMILES string of the molecule is CC(C(O)(c1ccccc1)c1cc[n+](C)cc1)[N+]1(C)CCCCC1.CC(C(O)(c1ccccc1)c1ccncc1)[N+]1(C)CCCC1.CC(N1CCCC1)C(O)(c1ccccc1)c1ccncc1.CC(N1CCCCC1)C(O)(c1ccccc1)c1ccncc1.CC(N1CCOCC1)C(O)(c1ccccc1)c1cc[n+](C)cc1.CC(N1CCOCC1)C(O)(c1ccccc1)c1ccncc1. The molecule has 0 spiro atoms. The number of aryl methyl sites for hydroxylation is 2. The molecular formula is C114H148N12O8+4. The summed E-state index contributed by atoms with van der Waals surface area (Å²) in [7, 11) is 8.57. The first-order valence-corrected chi connectivity index (χ1v) is 48.9. The van der Waals surface area contributed by atoms with E-state index in [4.69, 9.17) is 9.47 Å². The number of pyridine rings is 6. The van der Waals surface area contributed by atoms with Crippen molar-refractivity contribution in [1.29, 1.82) is 0 Å². The summed E-state index contributed by atoms with van der Waals surface area (Å²) in [6, 6.07) is 83.6. The van der Waals surface area contributed by atoms with Gasteiger partial charge in [-0.05, 0) is 217 Å². The van der Waals surface area contributed by atoms with Crippen LogP contribution < -0.4 is 9.13 Å². The highest BCUT2D eigenvalue weighted by molar-refractivity contribution is 5.43. The van der Waals surface area contributed by atoms with E-state index in [1.54, 1.807) is 49.6 Å². The monoisotopic (exact) mass is 1810 g/mol. The molecule has 6 saturated heterocycles. The van der Waals surface area contributed by atoms with Crippen molar-refractivity contribution in [3.05, 3.63) is 396 Å². The molecule has 0 aliphatic carbocycles. The molecule has 12 unspecified atom stereocenters. The molecule has 6 aromatic heterocycles. The lowest BCUT2D eigenvalue weighted by atomic mass is 9.79. The van der Waals surface area contributed by atoms with E-state index in [1.165, 1.54) is 64.2 Å². The number of likely N-dealkylation sites (N-methyl/N-ethyl adjacent to an activating group) is 2. The fourth-order valence-corrected chi connectivity index (χ4v) is 21.4. The summed E-state index contributed by atoms with van der Waals surface area (Å²) in [6.45, 7) is 27.8. The average molecular weight is 1810 g/mol. The van der Waals surface area contributed by atoms with Gasteiger partial charge in [0.2, 0.25) is 0 Å². The Balaban J connectivity index is 0.000000136. The van der Waals surface area contributed by atoms with Crippen LogP contribution in [-0.4, -0.2) is 234 Å². The predicted molar refractivity (Wildman–Crippen MR) is 532 cm³/mol. The molecule has 6 N–H and O–H groups in total. The smallest absolute Gasteiger partial charge is 0.168 e. The number of rotatable bonds is 24. The number of benzene rings is 6. The highest BCUT2D eigenvalue weighted by atomic mass is 16.5. The van der Waals surface area contributed by atoms with Gasteiger partial charge in [0.1, 0.15) is 48.6 Å². The molecule has 6 aromatic carbocycles. The highest BCUT2D eigenvalue weighted by Gasteiger charge is 2.52. The lowest BCUT2D eigenvalue weighted by Gasteiger charge is -2.49. The maximum atomic E-state index is 12.0. The van der Waals surface area contributed by atoms with Crippen LogP contribution in [0.25, 0.3) is 0 Å². The average Bonchev–Trinajstić information content (AvgIpc) is 1.32. The second kappa shape index (κ2) is 47.4. The van der Waals surface area contributed by atoms with Gasteiger partial charge in [-0.3, -0.25) is 39.5 Å². The zero-order valence-electron chi connectivity index (χ0n) is 80.9. The van der Waals surface area contributed by atoms with Crippen molar-refractivity contribution in [2.24, 2.45) is 14.1 Å². The molecule has 708 valence electrons. The number of hydrogen-bond donors (Lipinski definition) is 6. The van der Waals surface area contributed by atoms with E-state index in [0.29, 0.717) is 13.2 Å². The van der Waals surface area contributed by atoms with E-state index < -0.39 is 33.6 Å². The van der Waals surface area contributed by atoms with Gasteiger partial charge < -0.3 is 49.1 Å². The minimum absolute atomic E-state index is 0.0256. The van der Waals surface area contributed by atoms with E-state index in [1.807, 2.05) is 279 Å². The van der Waals surface area contributed by atoms with Gasteiger partial charge in [-0.15, -0.1) is 0 Å². The van der Waals surface area contributed by atoms with Gasteiger partial charge in [-0.1, -0.05) is 188 Å². The first-order chi connectivity index (χ1) is 64.8. The largest absolute Gasteiger partial charge is 0.379 e. The third kappa shape index (κ3) is 23.3. The van der Waals surface area contributed by atoms with Crippen LogP contribution in [0, 0.1) is 0 Å². The predicted octanol–water partition coefficient (Wildman–Crippen LogP) is 15.2. The van der Waals surface area contributed by atoms with Gasteiger partial charge in [0, 0.05) is 148 Å². The van der Waals surface area contributed by atoms with Gasteiger partial charge >= 0.3 is 0 Å². The number of piperidine rings is 2. The lowest BCUT2D eigenvalue weighted by molar-refractivity contribution is -0.942. The Hall–Kier alpha value is -10.3. The Morgan fingerprint density at radius 3 is 0.672 bits per heavy atom. The van der Waals surface area contributed by atoms with Crippen LogP contribution >= 0.6 is 0 Å². The van der Waals surface area contributed by atoms with Gasteiger partial charge in [0.25, 0.3) is 0 Å². The van der Waals surface area contributed by atoms with Crippen molar-refractivity contribution in [3.8, 4) is 0 Å². The third-order valence-corrected chi connectivity index (χ3v) is 30.3. The zero-order valence-corrected chi connectivity index (χ0v) is 80.9. The molecular weight excluding hydrogens is 1670 g/mol. The number of ether oxygens (including phenoxy) is 2. The van der Waals surface area contributed by atoms with Crippen LogP contribution in [0.3, 0.4) is 0 Å². The molecule has 0 bridgehead atoms. The number of likely N-dealkylation sites (tertiary alicyclic amines) is 4. The first kappa shape index (κ1) is 101. The van der Waals surface area contributed by atoms with Gasteiger partial charge in [-0.2, -0.15) is 0 Å². The van der Waals surface area contributed by atoms with Crippen LogP contribution in [-0.2, 0) is 57.2 Å². The van der Waals surface area contributed by atoms with Gasteiger partial charge in [0.05, 0.1) is 66.7 Å². The van der Waals surface area contributed by atoms with Gasteiger partial charge in [-0.25, -0.2) is 9.13 Å². The van der Waals surface area contributed by atoms with Crippen LogP contribution in [0.4, 0.5) is 0 Å². The number of quaternary nitrogens is 2. The van der Waals surface area contributed by atoms with Crippen molar-refractivity contribution in [2.45, 2.75) is 176 Å². The van der Waals surface area contributed by atoms with E-state index in [0.717, 1.165) is 167 Å². The summed E-state index contributed by atoms with van der Waals surface area (Å²) in [4.78, 5) is 25.8. The Morgan fingerprint density at radius 1 is 0.246 bits per heavy atom. The summed E-state index contributed by atoms with van der Waals surface area (Å²) in [6.07, 6.45) is 34.4. The molecule has 18 rings (SSSR count). The molecule has 0 amide bonds. The quantitative estimate of drug-likeness (QED) is 0.0245. The van der Waals surface area contributed by atoms with E-state index in [9.17, 15) is 30.6 Å². The molecule has 6 aliphatic rings. The Kier molecular flexibility index (Phi) is 35.8. The number of aromatic nitrogens is 6. The minimum atomic E-state index is -1.07. The summed E-state index contributed by atoms with van der Waals surface area (Å²) >= 11 is 0. The topological polar surface area (TPSA) is 212 Å². The van der Waals surface area contributed by atoms with Crippen molar-refractivity contribution >= 4 is 0 Å². The Morgan fingerprint density at radius 2 is 0.425 bits per heavy atom. The zero-order chi connectivity index (χ0) is 94.7. The lowest BCUT2D eigenvalue weighted by Crippen LogP contribution is -2.62. The molecule has 134 heavy (non-hydrogen) atoms. The third-order valence-electron chi connectivity index (χ3n) is 30.3. The second-order valence-electron chi connectivity index (χ2n) is 38.1. The van der Waals surface area contributed by atoms with Crippen molar-refractivity contribution in [2.75, 3.05) is 119 Å². The number of hydrogen-bond acceptors (Lipinski definition) is 16. The summed E-state index contributed by atoms with van der Waals surface area (Å²) in [5.74, 6) is 0. The van der Waals surface area contributed by atoms with Crippen LogP contribution in [0.15, 0.2) is 329 Å². The van der Waals surface area contributed by atoms with Crippen LogP contribution in [0.1, 0.15) is 173 Å². The number of morpholine rings is 2. The van der Waals surface area contributed by atoms with Crippen molar-refractivity contribution in [3.63, 3.8) is 0 Å². The van der Waals surface area contributed by atoms with Crippen LogP contribution in [0.5, 0.6) is 0 Å². The maximum Gasteiger partial charge on any atom is 0.168 e. The normalized spacial score (nSPS) is 20.5. The molecule has 6 aliphatic heterocycles. The Labute approximate surface area is 797 Å². The van der Waals surface area contributed by atoms with Crippen molar-refractivity contribution in [1.82, 2.24) is 39.5 Å². The van der Waals surface area contributed by atoms with Crippen LogP contribution in [0.2, 0.25) is 0 Å². The fraction of sp³-hybridized carbons (Fsp3) is 0.421. The molecule has 12 aromatic rings. The molecule has 0 saturated carbocycles. The molecule has 12 atom stereocenters. The maximum absolute atomic E-state index is 12.0.